The van der Waals surface area contributed by atoms with Crippen LogP contribution in [0.25, 0.3) is 0 Å². The number of hydrogen-bond acceptors (Lipinski definition) is 4. The Morgan fingerprint density at radius 2 is 1.95 bits per heavy atom. The van der Waals surface area contributed by atoms with E-state index in [-0.39, 0.29) is 17.7 Å². The lowest BCUT2D eigenvalue weighted by atomic mass is 10.2. The van der Waals surface area contributed by atoms with Gasteiger partial charge < -0.3 is 14.6 Å². The van der Waals surface area contributed by atoms with Crippen LogP contribution >= 0.6 is 11.6 Å². The number of para-hydroxylation sites is 1. The van der Waals surface area contributed by atoms with Crippen molar-refractivity contribution in [3.05, 3.63) is 63.5 Å². The second-order valence-corrected chi connectivity index (χ2v) is 4.84. The number of amides is 1. The molecule has 7 heteroatoms. The van der Waals surface area contributed by atoms with Crippen molar-refractivity contribution in [1.82, 2.24) is 4.57 Å². The lowest BCUT2D eigenvalue weighted by molar-refractivity contribution is -0.116. The highest BCUT2D eigenvalue weighted by Crippen LogP contribution is 2.16. The van der Waals surface area contributed by atoms with E-state index in [4.69, 9.17) is 11.6 Å². The Kier molecular flexibility index (Phi) is 4.95. The number of carbonyl (C=O) groups excluding carboxylic acids is 2. The minimum atomic E-state index is -0.559. The molecule has 1 aromatic carbocycles. The molecular formula is C15H13ClN2O4. The minimum absolute atomic E-state index is 0.213. The van der Waals surface area contributed by atoms with Crippen LogP contribution in [0.2, 0.25) is 5.02 Å². The zero-order chi connectivity index (χ0) is 16.1. The van der Waals surface area contributed by atoms with Gasteiger partial charge in [0, 0.05) is 12.3 Å². The number of anilines is 1. The van der Waals surface area contributed by atoms with Crippen LogP contribution in [-0.2, 0) is 16.1 Å². The van der Waals surface area contributed by atoms with Crippen molar-refractivity contribution in [1.29, 1.82) is 0 Å². The third-order valence-corrected chi connectivity index (χ3v) is 3.09. The molecule has 2 rings (SSSR count). The van der Waals surface area contributed by atoms with Crippen LogP contribution in [0.4, 0.5) is 5.69 Å². The summed E-state index contributed by atoms with van der Waals surface area (Å²) >= 11 is 5.79. The van der Waals surface area contributed by atoms with Crippen molar-refractivity contribution in [3.63, 3.8) is 0 Å². The molecule has 1 heterocycles. The number of benzene rings is 1. The largest absolute Gasteiger partial charge is 0.465 e. The summed E-state index contributed by atoms with van der Waals surface area (Å²) in [6.07, 6.45) is 1.37. The highest BCUT2D eigenvalue weighted by Gasteiger charge is 2.13. The van der Waals surface area contributed by atoms with Crippen LogP contribution in [0.1, 0.15) is 10.4 Å². The number of ether oxygens (including phenoxy) is 1. The Labute approximate surface area is 131 Å². The van der Waals surface area contributed by atoms with Crippen LogP contribution in [0.5, 0.6) is 0 Å². The summed E-state index contributed by atoms with van der Waals surface area (Å²) in [4.78, 5) is 35.3. The number of carbonyl (C=O) groups is 2. The number of hydrogen-bond donors (Lipinski definition) is 1. The molecule has 6 nitrogen and oxygen atoms in total. The van der Waals surface area contributed by atoms with E-state index < -0.39 is 11.9 Å². The second kappa shape index (κ2) is 6.91. The highest BCUT2D eigenvalue weighted by molar-refractivity contribution is 6.30. The van der Waals surface area contributed by atoms with Gasteiger partial charge in [0.25, 0.3) is 5.56 Å². The predicted molar refractivity (Wildman–Crippen MR) is 82.1 cm³/mol. The quantitative estimate of drug-likeness (QED) is 0.873. The number of methoxy groups -OCH3 is 1. The lowest BCUT2D eigenvalue weighted by Gasteiger charge is -2.10. The van der Waals surface area contributed by atoms with Crippen LogP contribution in [0.3, 0.4) is 0 Å². The molecule has 0 unspecified atom stereocenters. The van der Waals surface area contributed by atoms with Crippen molar-refractivity contribution >= 4 is 29.2 Å². The Morgan fingerprint density at radius 1 is 1.23 bits per heavy atom. The molecule has 0 radical (unpaired) electrons. The van der Waals surface area contributed by atoms with Gasteiger partial charge in [-0.2, -0.15) is 0 Å². The fourth-order valence-corrected chi connectivity index (χ4v) is 2.03. The number of rotatable bonds is 4. The molecule has 0 atom stereocenters. The van der Waals surface area contributed by atoms with Crippen molar-refractivity contribution in [2.45, 2.75) is 6.54 Å². The summed E-state index contributed by atoms with van der Waals surface area (Å²) in [7, 11) is 1.26. The Bertz CT molecular complexity index is 770. The monoisotopic (exact) mass is 320 g/mol. The van der Waals surface area contributed by atoms with E-state index in [2.05, 4.69) is 10.1 Å². The van der Waals surface area contributed by atoms with Crippen molar-refractivity contribution < 1.29 is 14.3 Å². The van der Waals surface area contributed by atoms with Crippen LogP contribution < -0.4 is 10.9 Å². The van der Waals surface area contributed by atoms with E-state index in [1.807, 2.05) is 0 Å². The third-order valence-electron chi connectivity index (χ3n) is 2.87. The van der Waals surface area contributed by atoms with Crippen LogP contribution in [0, 0.1) is 0 Å². The summed E-state index contributed by atoms with van der Waals surface area (Å²) < 4.78 is 5.83. The minimum Gasteiger partial charge on any atom is -0.465 e. The first-order valence-corrected chi connectivity index (χ1v) is 6.72. The second-order valence-electron chi connectivity index (χ2n) is 4.40. The smallest absolute Gasteiger partial charge is 0.339 e. The number of nitrogens with zero attached hydrogens (tertiary/aromatic N) is 1. The molecule has 0 spiro atoms. The summed E-state index contributed by atoms with van der Waals surface area (Å²) in [6, 6.07) is 9.16. The van der Waals surface area contributed by atoms with Crippen molar-refractivity contribution in [3.8, 4) is 0 Å². The van der Waals surface area contributed by atoms with Gasteiger partial charge in [-0.1, -0.05) is 23.7 Å². The standard InChI is InChI=1S/C15H13ClN2O4/c1-22-15(21)11-4-2-3-5-12(11)17-13(19)9-18-8-10(16)6-7-14(18)20/h2-8H,9H2,1H3,(H,17,19). The molecule has 0 bridgehead atoms. The maximum absolute atomic E-state index is 12.0. The van der Waals surface area contributed by atoms with Crippen LogP contribution in [0.15, 0.2) is 47.4 Å². The zero-order valence-electron chi connectivity index (χ0n) is 11.7. The molecule has 1 N–H and O–H groups in total. The molecule has 2 aromatic rings. The fourth-order valence-electron chi connectivity index (χ4n) is 1.85. The molecule has 0 aliphatic heterocycles. The normalized spacial score (nSPS) is 10.1. The number of nitrogens with one attached hydrogen (secondary N) is 1. The van der Waals surface area contributed by atoms with Gasteiger partial charge in [0.15, 0.2) is 0 Å². The molecule has 0 fully saturated rings. The van der Waals surface area contributed by atoms with E-state index in [0.29, 0.717) is 10.7 Å². The van der Waals surface area contributed by atoms with Crippen molar-refractivity contribution in [2.24, 2.45) is 0 Å². The molecule has 114 valence electrons. The van der Waals surface area contributed by atoms with Crippen LogP contribution in [-0.4, -0.2) is 23.6 Å². The Balaban J connectivity index is 2.18. The first-order chi connectivity index (χ1) is 10.5. The summed E-state index contributed by atoms with van der Waals surface area (Å²) in [5.41, 5.74) is 0.201. The van der Waals surface area contributed by atoms with Gasteiger partial charge >= 0.3 is 5.97 Å². The molecule has 0 saturated heterocycles. The van der Waals surface area contributed by atoms with Gasteiger partial charge in [0.2, 0.25) is 5.91 Å². The molecule has 1 aromatic heterocycles. The average molecular weight is 321 g/mol. The highest BCUT2D eigenvalue weighted by atomic mass is 35.5. The number of aromatic nitrogens is 1. The van der Waals surface area contributed by atoms with Gasteiger partial charge in [-0.25, -0.2) is 4.79 Å². The summed E-state index contributed by atoms with van der Waals surface area (Å²) in [5, 5.41) is 2.93. The van der Waals surface area contributed by atoms with Crippen molar-refractivity contribution in [2.75, 3.05) is 12.4 Å². The topological polar surface area (TPSA) is 77.4 Å². The molecule has 22 heavy (non-hydrogen) atoms. The molecule has 1 amide bonds. The molecular weight excluding hydrogens is 308 g/mol. The van der Waals surface area contributed by atoms with E-state index in [9.17, 15) is 14.4 Å². The summed E-state index contributed by atoms with van der Waals surface area (Å²) in [6.45, 7) is -0.213. The lowest BCUT2D eigenvalue weighted by Crippen LogP contribution is -2.27. The number of pyridine rings is 1. The number of esters is 1. The SMILES string of the molecule is COC(=O)c1ccccc1NC(=O)Cn1cc(Cl)ccc1=O. The first kappa shape index (κ1) is 15.8. The predicted octanol–water partition coefficient (Wildman–Crippen LogP) is 1.93. The van der Waals surface area contributed by atoms with Gasteiger partial charge in [0.1, 0.15) is 6.54 Å². The average Bonchev–Trinajstić information content (AvgIpc) is 2.50. The third kappa shape index (κ3) is 3.73. The van der Waals surface area contributed by atoms with Gasteiger partial charge in [-0.15, -0.1) is 0 Å². The van der Waals surface area contributed by atoms with E-state index in [1.165, 1.54) is 36.1 Å². The van der Waals surface area contributed by atoms with E-state index in [0.717, 1.165) is 0 Å². The molecule has 0 saturated carbocycles. The first-order valence-electron chi connectivity index (χ1n) is 6.34. The van der Waals surface area contributed by atoms with Gasteiger partial charge in [-0.05, 0) is 18.2 Å². The zero-order valence-corrected chi connectivity index (χ0v) is 12.5. The maximum atomic E-state index is 12.0. The summed E-state index contributed by atoms with van der Waals surface area (Å²) in [5.74, 6) is -1.02. The van der Waals surface area contributed by atoms with E-state index in [1.54, 1.807) is 18.2 Å². The molecule has 0 aliphatic rings. The number of halogens is 1. The van der Waals surface area contributed by atoms with Gasteiger partial charge in [0.05, 0.1) is 23.4 Å². The fraction of sp³-hybridized carbons (Fsp3) is 0.133. The van der Waals surface area contributed by atoms with E-state index >= 15 is 0 Å². The van der Waals surface area contributed by atoms with Gasteiger partial charge in [-0.3, -0.25) is 9.59 Å². The maximum Gasteiger partial charge on any atom is 0.339 e. The Hall–Kier alpha value is -2.60. The molecule has 0 aliphatic carbocycles. The Morgan fingerprint density at radius 3 is 2.68 bits per heavy atom.